The van der Waals surface area contributed by atoms with Crippen LogP contribution < -0.4 is 15.5 Å². The average molecular weight is 496 g/mol. The topological polar surface area (TPSA) is 64.7 Å². The normalized spacial score (nSPS) is 13.8. The minimum absolute atomic E-state index is 0.115. The number of amides is 2. The quantitative estimate of drug-likeness (QED) is 0.633. The fourth-order valence-corrected chi connectivity index (χ4v) is 3.81. The number of carbonyl (C=O) groups excluding carboxylic acids is 2. The SMILES string of the molecule is CC(=O)N1CCN(c2ccc(NC(=S)NC(=O)c3cc(Br)ccc3Cl)cc2)CC1. The van der Waals surface area contributed by atoms with Crippen molar-refractivity contribution in [3.05, 3.63) is 57.5 Å². The van der Waals surface area contributed by atoms with Crippen LogP contribution in [0.5, 0.6) is 0 Å². The Kier molecular flexibility index (Phi) is 7.10. The van der Waals surface area contributed by atoms with Crippen molar-refractivity contribution < 1.29 is 9.59 Å². The van der Waals surface area contributed by atoms with Crippen LogP contribution in [-0.2, 0) is 4.79 Å². The van der Waals surface area contributed by atoms with Crippen molar-refractivity contribution in [3.63, 3.8) is 0 Å². The highest BCUT2D eigenvalue weighted by atomic mass is 79.9. The first-order chi connectivity index (χ1) is 13.8. The third-order valence-corrected chi connectivity index (χ3v) is 5.64. The minimum Gasteiger partial charge on any atom is -0.368 e. The van der Waals surface area contributed by atoms with Gasteiger partial charge in [-0.25, -0.2) is 0 Å². The summed E-state index contributed by atoms with van der Waals surface area (Å²) in [6, 6.07) is 12.8. The number of piperazine rings is 1. The van der Waals surface area contributed by atoms with E-state index in [1.807, 2.05) is 29.2 Å². The number of hydrogen-bond acceptors (Lipinski definition) is 4. The number of halogens is 2. The van der Waals surface area contributed by atoms with Gasteiger partial charge in [0.25, 0.3) is 5.91 Å². The molecule has 0 unspecified atom stereocenters. The van der Waals surface area contributed by atoms with Gasteiger partial charge < -0.3 is 15.1 Å². The monoisotopic (exact) mass is 494 g/mol. The van der Waals surface area contributed by atoms with Gasteiger partial charge in [-0.05, 0) is 54.7 Å². The number of benzene rings is 2. The first kappa shape index (κ1) is 21.5. The number of carbonyl (C=O) groups is 2. The van der Waals surface area contributed by atoms with Gasteiger partial charge in [0.05, 0.1) is 10.6 Å². The van der Waals surface area contributed by atoms with E-state index in [9.17, 15) is 9.59 Å². The molecule has 1 aliphatic heterocycles. The molecule has 0 aliphatic carbocycles. The van der Waals surface area contributed by atoms with Gasteiger partial charge in [-0.1, -0.05) is 27.5 Å². The van der Waals surface area contributed by atoms with Crippen LogP contribution >= 0.6 is 39.7 Å². The standard InChI is InChI=1S/C20H20BrClN4O2S/c1-13(27)25-8-10-26(11-9-25)16-5-3-15(4-6-16)23-20(29)24-19(28)17-12-14(21)2-7-18(17)22/h2-7,12H,8-11H2,1H3,(H2,23,24,28,29). The lowest BCUT2D eigenvalue weighted by molar-refractivity contribution is -0.129. The molecule has 1 aliphatic rings. The van der Waals surface area contributed by atoms with Crippen LogP contribution in [0, 0.1) is 0 Å². The van der Waals surface area contributed by atoms with Crippen molar-refractivity contribution in [1.29, 1.82) is 0 Å². The van der Waals surface area contributed by atoms with Gasteiger partial charge in [0.1, 0.15) is 0 Å². The van der Waals surface area contributed by atoms with E-state index in [-0.39, 0.29) is 16.9 Å². The van der Waals surface area contributed by atoms with E-state index in [4.69, 9.17) is 23.8 Å². The van der Waals surface area contributed by atoms with Crippen molar-refractivity contribution in [2.45, 2.75) is 6.92 Å². The Balaban J connectivity index is 1.55. The third-order valence-electron chi connectivity index (χ3n) is 4.62. The number of nitrogens with one attached hydrogen (secondary N) is 2. The number of rotatable bonds is 3. The average Bonchev–Trinajstić information content (AvgIpc) is 2.70. The number of nitrogens with zero attached hydrogens (tertiary/aromatic N) is 2. The highest BCUT2D eigenvalue weighted by Crippen LogP contribution is 2.22. The Bertz CT molecular complexity index is 931. The van der Waals surface area contributed by atoms with Crippen LogP contribution in [-0.4, -0.2) is 48.0 Å². The lowest BCUT2D eigenvalue weighted by Gasteiger charge is -2.35. The first-order valence-corrected chi connectivity index (χ1v) is 10.6. The molecule has 2 aromatic rings. The summed E-state index contributed by atoms with van der Waals surface area (Å²) in [5.41, 5.74) is 2.18. The van der Waals surface area contributed by atoms with E-state index < -0.39 is 0 Å². The third kappa shape index (κ3) is 5.68. The molecule has 2 amide bonds. The smallest absolute Gasteiger partial charge is 0.258 e. The van der Waals surface area contributed by atoms with E-state index >= 15 is 0 Å². The van der Waals surface area contributed by atoms with Crippen LogP contribution in [0.4, 0.5) is 11.4 Å². The molecular formula is C20H20BrClN4O2S. The van der Waals surface area contributed by atoms with Crippen LogP contribution in [0.3, 0.4) is 0 Å². The van der Waals surface area contributed by atoms with E-state index in [1.54, 1.807) is 25.1 Å². The summed E-state index contributed by atoms with van der Waals surface area (Å²) in [6.45, 7) is 4.65. The Hall–Kier alpha value is -2.16. The lowest BCUT2D eigenvalue weighted by Crippen LogP contribution is -2.48. The van der Waals surface area contributed by atoms with E-state index in [2.05, 4.69) is 31.5 Å². The zero-order chi connectivity index (χ0) is 21.0. The summed E-state index contributed by atoms with van der Waals surface area (Å²) < 4.78 is 0.755. The van der Waals surface area contributed by atoms with E-state index in [1.165, 1.54) is 0 Å². The van der Waals surface area contributed by atoms with Crippen LogP contribution in [0.2, 0.25) is 5.02 Å². The van der Waals surface area contributed by atoms with Crippen molar-refractivity contribution in [3.8, 4) is 0 Å². The maximum Gasteiger partial charge on any atom is 0.258 e. The molecule has 0 aromatic heterocycles. The van der Waals surface area contributed by atoms with Crippen LogP contribution in [0.25, 0.3) is 0 Å². The van der Waals surface area contributed by atoms with Crippen molar-refractivity contribution in [2.75, 3.05) is 36.4 Å². The summed E-state index contributed by atoms with van der Waals surface area (Å²) in [5.74, 6) is -0.266. The molecule has 9 heteroatoms. The summed E-state index contributed by atoms with van der Waals surface area (Å²) >= 11 is 14.6. The molecule has 2 N–H and O–H groups in total. The summed E-state index contributed by atoms with van der Waals surface area (Å²) in [6.07, 6.45) is 0. The molecule has 0 radical (unpaired) electrons. The number of hydrogen-bond donors (Lipinski definition) is 2. The Labute approximate surface area is 188 Å². The molecule has 1 heterocycles. The van der Waals surface area contributed by atoms with E-state index in [0.717, 1.165) is 42.0 Å². The molecule has 3 rings (SSSR count). The van der Waals surface area contributed by atoms with Gasteiger partial charge in [0.2, 0.25) is 5.91 Å². The lowest BCUT2D eigenvalue weighted by atomic mass is 10.2. The molecule has 0 spiro atoms. The molecule has 6 nitrogen and oxygen atoms in total. The second-order valence-electron chi connectivity index (χ2n) is 6.57. The Morgan fingerprint density at radius 2 is 1.72 bits per heavy atom. The van der Waals surface area contributed by atoms with Gasteiger partial charge in [-0.2, -0.15) is 0 Å². The molecular weight excluding hydrogens is 476 g/mol. The fourth-order valence-electron chi connectivity index (χ4n) is 3.04. The van der Waals surface area contributed by atoms with Gasteiger partial charge in [-0.15, -0.1) is 0 Å². The van der Waals surface area contributed by atoms with E-state index in [0.29, 0.717) is 10.6 Å². The predicted molar refractivity (Wildman–Crippen MR) is 124 cm³/mol. The molecule has 152 valence electrons. The van der Waals surface area contributed by atoms with Crippen LogP contribution in [0.15, 0.2) is 46.9 Å². The first-order valence-electron chi connectivity index (χ1n) is 9.01. The molecule has 1 fully saturated rings. The maximum absolute atomic E-state index is 12.4. The van der Waals surface area contributed by atoms with Gasteiger partial charge in [0.15, 0.2) is 5.11 Å². The highest BCUT2D eigenvalue weighted by molar-refractivity contribution is 9.10. The van der Waals surface area contributed by atoms with Gasteiger partial charge in [0, 0.05) is 49.0 Å². The zero-order valence-corrected chi connectivity index (χ0v) is 18.9. The Morgan fingerprint density at radius 3 is 2.34 bits per heavy atom. The maximum atomic E-state index is 12.4. The summed E-state index contributed by atoms with van der Waals surface area (Å²) in [4.78, 5) is 27.9. The summed E-state index contributed by atoms with van der Waals surface area (Å²) in [7, 11) is 0. The number of thiocarbonyl (C=S) groups is 1. The fraction of sp³-hybridized carbons (Fsp3) is 0.250. The highest BCUT2D eigenvalue weighted by Gasteiger charge is 2.18. The van der Waals surface area contributed by atoms with Crippen LogP contribution in [0.1, 0.15) is 17.3 Å². The molecule has 2 aromatic carbocycles. The van der Waals surface area contributed by atoms with Crippen molar-refractivity contribution in [1.82, 2.24) is 10.2 Å². The number of anilines is 2. The largest absolute Gasteiger partial charge is 0.368 e. The molecule has 29 heavy (non-hydrogen) atoms. The van der Waals surface area contributed by atoms with Gasteiger partial charge >= 0.3 is 0 Å². The molecule has 0 saturated carbocycles. The molecule has 0 atom stereocenters. The molecule has 1 saturated heterocycles. The minimum atomic E-state index is -0.381. The zero-order valence-electron chi connectivity index (χ0n) is 15.7. The second-order valence-corrected chi connectivity index (χ2v) is 8.30. The second kappa shape index (κ2) is 9.56. The van der Waals surface area contributed by atoms with Crippen molar-refractivity contribution in [2.24, 2.45) is 0 Å². The predicted octanol–water partition coefficient (Wildman–Crippen LogP) is 3.90. The van der Waals surface area contributed by atoms with Gasteiger partial charge in [-0.3, -0.25) is 14.9 Å². The summed E-state index contributed by atoms with van der Waals surface area (Å²) in [5, 5.41) is 6.18. The molecule has 0 bridgehead atoms. The van der Waals surface area contributed by atoms with Crippen molar-refractivity contribution >= 4 is 68.1 Å². The Morgan fingerprint density at radius 1 is 1.07 bits per heavy atom.